The number of carbonyl (C=O) groups excluding carboxylic acids is 3. The molecule has 252 valence electrons. The first-order chi connectivity index (χ1) is 21.2. The van der Waals surface area contributed by atoms with E-state index in [1.807, 2.05) is 4.72 Å². The molecule has 18 heteroatoms. The Balaban J connectivity index is 1.66. The predicted molar refractivity (Wildman–Crippen MR) is 164 cm³/mol. The van der Waals surface area contributed by atoms with Crippen molar-refractivity contribution in [2.45, 2.75) is 45.3 Å². The molecule has 0 aliphatic carbocycles. The van der Waals surface area contributed by atoms with Crippen molar-refractivity contribution >= 4 is 40.0 Å². The van der Waals surface area contributed by atoms with Crippen molar-refractivity contribution in [1.82, 2.24) is 31.3 Å². The molecule has 1 heterocycles. The minimum Gasteiger partial charge on any atom is -0.492 e. The lowest BCUT2D eigenvalue weighted by molar-refractivity contribution is -0.138. The zero-order valence-corrected chi connectivity index (χ0v) is 26.5. The van der Waals surface area contributed by atoms with Gasteiger partial charge in [0.05, 0.1) is 18.9 Å². The number of hydrogen-bond acceptors (Lipinski definition) is 12. The van der Waals surface area contributed by atoms with Crippen LogP contribution in [0.3, 0.4) is 0 Å². The number of hydrogen-bond donors (Lipinski definition) is 7. The molecule has 0 saturated heterocycles. The Morgan fingerprint density at radius 3 is 2.36 bits per heavy atom. The summed E-state index contributed by atoms with van der Waals surface area (Å²) < 4.78 is 42.4. The molecule has 45 heavy (non-hydrogen) atoms. The molecule has 0 aromatic heterocycles. The highest BCUT2D eigenvalue weighted by Crippen LogP contribution is 2.12. The van der Waals surface area contributed by atoms with Crippen molar-refractivity contribution in [3.63, 3.8) is 0 Å². The lowest BCUT2D eigenvalue weighted by atomic mass is 10.2. The monoisotopic (exact) mass is 657 g/mol. The molecule has 1 aromatic rings. The average molecular weight is 658 g/mol. The van der Waals surface area contributed by atoms with Crippen LogP contribution in [0.1, 0.15) is 44.0 Å². The standard InChI is InChI=1S/C27H43N7O10S/c1-27(2,3)44-26(39)31-12-5-15-43-25(38)32-14-17-45(40,41)34-21(23(36)37)18-33-22(35)19-6-8-20(9-7-19)42-16-13-30-24-28-10-4-11-29-24/h6-9,21,34H,4-5,10-18H2,1-3H3,(H,31,39)(H,32,38)(H,33,35)(H,36,37)(H2,28,29,30)/t21-/m0/s1. The van der Waals surface area contributed by atoms with Gasteiger partial charge >= 0.3 is 18.2 Å². The number of sulfonamides is 1. The van der Waals surface area contributed by atoms with Crippen LogP contribution in [0.15, 0.2) is 29.3 Å². The second kappa shape index (κ2) is 18.5. The van der Waals surface area contributed by atoms with Crippen molar-refractivity contribution in [3.05, 3.63) is 29.8 Å². The maximum absolute atomic E-state index is 12.5. The van der Waals surface area contributed by atoms with Gasteiger partial charge in [-0.3, -0.25) is 14.6 Å². The molecular formula is C27H43N7O10S. The number of aliphatic imine (C=N–C) groups is 1. The van der Waals surface area contributed by atoms with Gasteiger partial charge in [-0.1, -0.05) is 0 Å². The van der Waals surface area contributed by atoms with E-state index in [0.29, 0.717) is 25.3 Å². The SMILES string of the molecule is CC(C)(C)OC(=O)NCCCOC(=O)NCCS(=O)(=O)N[C@@H](CNC(=O)c1ccc(OCCNC2=NCCCN2)cc1)C(=O)O. The van der Waals surface area contributed by atoms with Crippen LogP contribution in [0.2, 0.25) is 0 Å². The number of nitrogens with one attached hydrogen (secondary N) is 6. The molecule has 0 saturated carbocycles. The zero-order valence-electron chi connectivity index (χ0n) is 25.6. The van der Waals surface area contributed by atoms with Gasteiger partial charge in [0.25, 0.3) is 5.91 Å². The quantitative estimate of drug-likeness (QED) is 0.107. The molecule has 0 bridgehead atoms. The molecule has 0 radical (unpaired) electrons. The van der Waals surface area contributed by atoms with Crippen molar-refractivity contribution < 1.29 is 46.9 Å². The van der Waals surface area contributed by atoms with Gasteiger partial charge in [0.1, 0.15) is 24.0 Å². The number of nitrogens with zero attached hydrogens (tertiary/aromatic N) is 1. The van der Waals surface area contributed by atoms with E-state index in [9.17, 15) is 32.7 Å². The lowest BCUT2D eigenvalue weighted by Crippen LogP contribution is -2.49. The number of ether oxygens (including phenoxy) is 3. The first-order valence-corrected chi connectivity index (χ1v) is 16.0. The molecule has 0 unspecified atom stereocenters. The maximum atomic E-state index is 12.5. The molecular weight excluding hydrogens is 614 g/mol. The fourth-order valence-corrected chi connectivity index (χ4v) is 4.63. The average Bonchev–Trinajstić information content (AvgIpc) is 2.97. The summed E-state index contributed by atoms with van der Waals surface area (Å²) >= 11 is 0. The Morgan fingerprint density at radius 1 is 1.00 bits per heavy atom. The number of guanidine groups is 1. The fraction of sp³-hybridized carbons (Fsp3) is 0.593. The Morgan fingerprint density at radius 2 is 1.71 bits per heavy atom. The number of carboxylic acid groups (broad SMARTS) is 1. The van der Waals surface area contributed by atoms with Gasteiger partial charge in [-0.15, -0.1) is 0 Å². The largest absolute Gasteiger partial charge is 0.492 e. The minimum atomic E-state index is -4.16. The second-order valence-electron chi connectivity index (χ2n) is 10.7. The van der Waals surface area contributed by atoms with Crippen LogP contribution in [-0.4, -0.2) is 113 Å². The van der Waals surface area contributed by atoms with Crippen molar-refractivity contribution in [1.29, 1.82) is 0 Å². The lowest BCUT2D eigenvalue weighted by Gasteiger charge is -2.19. The summed E-state index contributed by atoms with van der Waals surface area (Å²) in [6, 6.07) is 4.51. The number of rotatable bonds is 17. The highest BCUT2D eigenvalue weighted by atomic mass is 32.2. The number of carbonyl (C=O) groups is 4. The molecule has 0 spiro atoms. The molecule has 2 rings (SSSR count). The van der Waals surface area contributed by atoms with Gasteiger partial charge in [-0.05, 0) is 57.9 Å². The molecule has 1 aromatic carbocycles. The number of benzene rings is 1. The van der Waals surface area contributed by atoms with Gasteiger partial charge in [0.15, 0.2) is 5.96 Å². The Hall–Kier alpha value is -4.32. The summed E-state index contributed by atoms with van der Waals surface area (Å²) in [5.74, 6) is -1.49. The predicted octanol–water partition coefficient (Wildman–Crippen LogP) is -0.252. The van der Waals surface area contributed by atoms with Crippen LogP contribution in [0.25, 0.3) is 0 Å². The third kappa shape index (κ3) is 16.4. The summed E-state index contributed by atoms with van der Waals surface area (Å²) in [4.78, 5) is 51.8. The molecule has 0 fully saturated rings. The molecule has 17 nitrogen and oxygen atoms in total. The Bertz CT molecular complexity index is 1270. The first kappa shape index (κ1) is 36.9. The zero-order chi connectivity index (χ0) is 33.3. The van der Waals surface area contributed by atoms with Gasteiger partial charge in [-0.2, -0.15) is 4.72 Å². The topological polar surface area (TPSA) is 235 Å². The van der Waals surface area contributed by atoms with E-state index in [1.165, 1.54) is 12.1 Å². The number of alkyl carbamates (subject to hydrolysis) is 2. The van der Waals surface area contributed by atoms with E-state index in [2.05, 4.69) is 31.6 Å². The van der Waals surface area contributed by atoms with E-state index in [1.54, 1.807) is 32.9 Å². The van der Waals surface area contributed by atoms with Crippen LogP contribution < -0.4 is 36.0 Å². The Labute approximate surface area is 262 Å². The van der Waals surface area contributed by atoms with E-state index in [0.717, 1.165) is 25.5 Å². The van der Waals surface area contributed by atoms with Gasteiger partial charge in [0, 0.05) is 38.3 Å². The van der Waals surface area contributed by atoms with Crippen molar-refractivity contribution in [2.24, 2.45) is 4.99 Å². The van der Waals surface area contributed by atoms with E-state index < -0.39 is 58.0 Å². The summed E-state index contributed by atoms with van der Waals surface area (Å²) in [6.07, 6.45) is -0.202. The third-order valence-corrected chi connectivity index (χ3v) is 7.01. The van der Waals surface area contributed by atoms with Crippen LogP contribution in [0.4, 0.5) is 9.59 Å². The number of carboxylic acids is 1. The van der Waals surface area contributed by atoms with Gasteiger partial charge in [0.2, 0.25) is 10.0 Å². The van der Waals surface area contributed by atoms with E-state index in [-0.39, 0.29) is 25.3 Å². The minimum absolute atomic E-state index is 0.0466. The first-order valence-electron chi connectivity index (χ1n) is 14.4. The number of amides is 3. The molecule has 1 atom stereocenters. The van der Waals surface area contributed by atoms with Crippen LogP contribution in [-0.2, 0) is 24.3 Å². The van der Waals surface area contributed by atoms with Crippen LogP contribution in [0, 0.1) is 0 Å². The van der Waals surface area contributed by atoms with Crippen molar-refractivity contribution in [2.75, 3.05) is 58.2 Å². The summed E-state index contributed by atoms with van der Waals surface area (Å²) in [6.45, 7) is 6.95. The molecule has 3 amide bonds. The molecule has 1 aliphatic heterocycles. The highest BCUT2D eigenvalue weighted by molar-refractivity contribution is 7.89. The second-order valence-corrected chi connectivity index (χ2v) is 12.6. The Kier molecular flexibility index (Phi) is 15.1. The third-order valence-electron chi connectivity index (χ3n) is 5.63. The van der Waals surface area contributed by atoms with Crippen LogP contribution in [0.5, 0.6) is 5.75 Å². The summed E-state index contributed by atoms with van der Waals surface area (Å²) in [7, 11) is -4.16. The smallest absolute Gasteiger partial charge is 0.407 e. The van der Waals surface area contributed by atoms with E-state index >= 15 is 0 Å². The normalized spacial score (nSPS) is 13.7. The van der Waals surface area contributed by atoms with E-state index in [4.69, 9.17) is 14.2 Å². The maximum Gasteiger partial charge on any atom is 0.407 e. The van der Waals surface area contributed by atoms with Gasteiger partial charge in [-0.25, -0.2) is 18.0 Å². The summed E-state index contributed by atoms with van der Waals surface area (Å²) in [5.41, 5.74) is -0.421. The molecule has 1 aliphatic rings. The summed E-state index contributed by atoms with van der Waals surface area (Å²) in [5, 5.41) is 22.9. The van der Waals surface area contributed by atoms with Crippen LogP contribution >= 0.6 is 0 Å². The van der Waals surface area contributed by atoms with Gasteiger partial charge < -0.3 is 45.9 Å². The fourth-order valence-electron chi connectivity index (χ4n) is 3.52. The van der Waals surface area contributed by atoms with Crippen molar-refractivity contribution in [3.8, 4) is 5.75 Å². The number of aliphatic carboxylic acids is 1. The highest BCUT2D eigenvalue weighted by Gasteiger charge is 2.25. The molecule has 7 N–H and O–H groups in total.